The van der Waals surface area contributed by atoms with Crippen LogP contribution < -0.4 is 5.73 Å². The zero-order valence-electron chi connectivity index (χ0n) is 39.5. The number of aliphatic carboxylic acids is 1. The highest BCUT2D eigenvalue weighted by Gasteiger charge is 2.43. The van der Waals surface area contributed by atoms with E-state index in [1.807, 2.05) is 88.8 Å². The molecule has 1 aliphatic heterocycles. The number of nitrogens with two attached hydrogens (primary N) is 1. The SMILES string of the molecule is CC[C@H](C)[C@@H]([C@@H](CC(=O)N1CCC[C@H]1[C@H](OC)[C@@H](C)C(=O)C[C@H](COC(=O)CN)Cc1ccccc1)OC)N(C)C(=O)C(CC(=O)C(C(C)C)N(C)C)C(C)C.O=C(O)C(F)(F)F. The van der Waals surface area contributed by atoms with Crippen molar-refractivity contribution in [2.45, 2.75) is 130 Å². The number of carbonyl (C=O) groups excluding carboxylic acids is 5. The highest BCUT2D eigenvalue weighted by molar-refractivity contribution is 5.90. The van der Waals surface area contributed by atoms with Gasteiger partial charge in [0, 0.05) is 58.4 Å². The summed E-state index contributed by atoms with van der Waals surface area (Å²) in [5.74, 6) is -4.76. The van der Waals surface area contributed by atoms with E-state index < -0.39 is 48.2 Å². The van der Waals surface area contributed by atoms with Crippen LogP contribution in [0.15, 0.2) is 30.3 Å². The molecule has 14 nitrogen and oxygen atoms in total. The van der Waals surface area contributed by atoms with Crippen LogP contribution >= 0.6 is 0 Å². The summed E-state index contributed by atoms with van der Waals surface area (Å²) < 4.78 is 49.2. The Bertz CT molecular complexity index is 1590. The number of alkyl halides is 3. The molecule has 2 unspecified atom stereocenters. The number of carboxylic acid groups (broad SMARTS) is 1. The Morgan fingerprint density at radius 1 is 0.889 bits per heavy atom. The number of carboxylic acids is 1. The van der Waals surface area contributed by atoms with Crippen LogP contribution in [0, 0.1) is 35.5 Å². The fourth-order valence-corrected chi connectivity index (χ4v) is 8.68. The quantitative estimate of drug-likeness (QED) is 0.115. The molecule has 1 fully saturated rings. The number of halogens is 3. The molecule has 2 rings (SSSR count). The average Bonchev–Trinajstić information content (AvgIpc) is 3.70. The van der Waals surface area contributed by atoms with Gasteiger partial charge in [0.25, 0.3) is 0 Å². The highest BCUT2D eigenvalue weighted by Crippen LogP contribution is 2.32. The number of nitrogens with zero attached hydrogens (tertiary/aromatic N) is 3. The third kappa shape index (κ3) is 17.9. The van der Waals surface area contributed by atoms with Gasteiger partial charge in [0.05, 0.1) is 49.9 Å². The van der Waals surface area contributed by atoms with Crippen molar-refractivity contribution in [2.75, 3.05) is 55.1 Å². The van der Waals surface area contributed by atoms with Crippen LogP contribution in [-0.2, 0) is 49.4 Å². The summed E-state index contributed by atoms with van der Waals surface area (Å²) in [5, 5.41) is 7.12. The van der Waals surface area contributed by atoms with Gasteiger partial charge in [0.1, 0.15) is 5.78 Å². The lowest BCUT2D eigenvalue weighted by Crippen LogP contribution is -2.54. The van der Waals surface area contributed by atoms with Crippen molar-refractivity contribution in [3.8, 4) is 0 Å². The van der Waals surface area contributed by atoms with E-state index in [4.69, 9.17) is 29.8 Å². The Kier molecular flexibility index (Phi) is 24.8. The fourth-order valence-electron chi connectivity index (χ4n) is 8.68. The molecule has 360 valence electrons. The van der Waals surface area contributed by atoms with E-state index in [-0.39, 0.29) is 91.6 Å². The molecule has 0 bridgehead atoms. The molecule has 1 heterocycles. The van der Waals surface area contributed by atoms with Crippen LogP contribution in [0.5, 0.6) is 0 Å². The van der Waals surface area contributed by atoms with Crippen molar-refractivity contribution in [2.24, 2.45) is 41.2 Å². The molecule has 1 saturated heterocycles. The van der Waals surface area contributed by atoms with E-state index in [0.29, 0.717) is 19.4 Å². The average molecular weight is 901 g/mol. The number of Topliss-reactive ketones (excluding diaryl/α,β-unsaturated/α-hetero) is 2. The topological polar surface area (TPSA) is 186 Å². The summed E-state index contributed by atoms with van der Waals surface area (Å²) in [6.45, 7) is 14.3. The van der Waals surface area contributed by atoms with Gasteiger partial charge in [-0.2, -0.15) is 13.2 Å². The number of likely N-dealkylation sites (N-methyl/N-ethyl adjacent to an activating group) is 2. The van der Waals surface area contributed by atoms with Crippen molar-refractivity contribution < 1.29 is 61.3 Å². The van der Waals surface area contributed by atoms with Gasteiger partial charge in [-0.05, 0) is 56.7 Å². The zero-order valence-corrected chi connectivity index (χ0v) is 39.5. The first-order valence-corrected chi connectivity index (χ1v) is 21.9. The van der Waals surface area contributed by atoms with E-state index in [0.717, 1.165) is 18.4 Å². The first kappa shape index (κ1) is 57.1. The van der Waals surface area contributed by atoms with Gasteiger partial charge in [-0.1, -0.05) is 85.2 Å². The maximum atomic E-state index is 14.3. The zero-order chi connectivity index (χ0) is 48.4. The molecule has 2 amide bonds. The second-order valence-corrected chi connectivity index (χ2v) is 17.7. The summed E-state index contributed by atoms with van der Waals surface area (Å²) in [7, 11) is 8.72. The second-order valence-electron chi connectivity index (χ2n) is 17.7. The number of likely N-dealkylation sites (tertiary alicyclic amines) is 1. The Labute approximate surface area is 372 Å². The third-order valence-corrected chi connectivity index (χ3v) is 12.2. The number of ether oxygens (including phenoxy) is 3. The van der Waals surface area contributed by atoms with E-state index >= 15 is 0 Å². The van der Waals surface area contributed by atoms with Gasteiger partial charge in [-0.3, -0.25) is 28.9 Å². The van der Waals surface area contributed by atoms with E-state index in [1.54, 1.807) is 26.2 Å². The monoisotopic (exact) mass is 901 g/mol. The molecule has 9 atom stereocenters. The molecule has 0 radical (unpaired) electrons. The molecule has 3 N–H and O–H groups in total. The summed E-state index contributed by atoms with van der Waals surface area (Å²) >= 11 is 0. The maximum Gasteiger partial charge on any atom is 0.490 e. The molecule has 0 aromatic heterocycles. The number of hydrogen-bond donors (Lipinski definition) is 2. The third-order valence-electron chi connectivity index (χ3n) is 12.2. The molecule has 0 saturated carbocycles. The van der Waals surface area contributed by atoms with Crippen molar-refractivity contribution in [1.82, 2.24) is 14.7 Å². The normalized spacial score (nSPS) is 18.1. The van der Waals surface area contributed by atoms with Crippen LogP contribution in [-0.4, -0.2) is 147 Å². The molecule has 1 aromatic rings. The van der Waals surface area contributed by atoms with Crippen molar-refractivity contribution in [3.05, 3.63) is 35.9 Å². The van der Waals surface area contributed by atoms with Gasteiger partial charge in [-0.25, -0.2) is 4.79 Å². The largest absolute Gasteiger partial charge is 0.490 e. The number of methoxy groups -OCH3 is 2. The number of ketones is 2. The van der Waals surface area contributed by atoms with Gasteiger partial charge < -0.3 is 34.9 Å². The number of amides is 2. The van der Waals surface area contributed by atoms with Crippen LogP contribution in [0.25, 0.3) is 0 Å². The molecular formula is C46H75F3N4O10. The molecule has 0 aliphatic carbocycles. The van der Waals surface area contributed by atoms with E-state index in [1.165, 1.54) is 0 Å². The molecule has 0 spiro atoms. The van der Waals surface area contributed by atoms with Crippen LogP contribution in [0.3, 0.4) is 0 Å². The summed E-state index contributed by atoms with van der Waals surface area (Å²) in [6, 6.07) is 8.73. The molecule has 1 aromatic carbocycles. The lowest BCUT2D eigenvalue weighted by Gasteiger charge is -2.41. The fraction of sp³-hybridized carbons (Fsp3) is 0.739. The number of carbonyl (C=O) groups is 6. The highest BCUT2D eigenvalue weighted by atomic mass is 19.4. The minimum absolute atomic E-state index is 0.00195. The maximum absolute atomic E-state index is 14.3. The lowest BCUT2D eigenvalue weighted by atomic mass is 9.83. The minimum Gasteiger partial charge on any atom is -0.475 e. The molecule has 1 aliphatic rings. The molecule has 63 heavy (non-hydrogen) atoms. The number of benzene rings is 1. The second kappa shape index (κ2) is 27.4. The lowest BCUT2D eigenvalue weighted by molar-refractivity contribution is -0.192. The smallest absolute Gasteiger partial charge is 0.475 e. The number of hydrogen-bond acceptors (Lipinski definition) is 11. The number of esters is 1. The Hall–Kier alpha value is -3.93. The Balaban J connectivity index is 0.00000260. The molecular weight excluding hydrogens is 826 g/mol. The van der Waals surface area contributed by atoms with Crippen LogP contribution in [0.1, 0.15) is 92.6 Å². The van der Waals surface area contributed by atoms with Gasteiger partial charge in [0.2, 0.25) is 11.8 Å². The molecule has 17 heteroatoms. The summed E-state index contributed by atoms with van der Waals surface area (Å²) in [4.78, 5) is 82.4. The van der Waals surface area contributed by atoms with Crippen molar-refractivity contribution in [3.63, 3.8) is 0 Å². The predicted molar refractivity (Wildman–Crippen MR) is 233 cm³/mol. The summed E-state index contributed by atoms with van der Waals surface area (Å²) in [6.07, 6.45) is -3.11. The Morgan fingerprint density at radius 3 is 1.94 bits per heavy atom. The Morgan fingerprint density at radius 2 is 1.48 bits per heavy atom. The standard InChI is InChI=1S/C44H74N4O8.C2HF3O2/c1-13-30(6)42(47(10)44(53)34(28(2)3)24-37(50)41(29(4)5)46(8)9)38(54-11)25-39(51)48-21-17-20-35(48)43(55-12)31(7)36(49)23-33(27-56-40(52)26-45)22-32-18-15-14-16-19-32;3-2(4,5)1(6)7/h14-16,18-19,28-31,33-35,38,41-43H,13,17,20-27,45H2,1-12H3;(H,6,7)/t30-,31-,33+,34?,35-,38+,41?,42-,43+;/m0./s1. The number of rotatable bonds is 25. The summed E-state index contributed by atoms with van der Waals surface area (Å²) in [5.41, 5.74) is 6.50. The van der Waals surface area contributed by atoms with Crippen molar-refractivity contribution >= 4 is 35.3 Å². The van der Waals surface area contributed by atoms with E-state index in [2.05, 4.69) is 13.8 Å². The first-order chi connectivity index (χ1) is 29.4. The van der Waals surface area contributed by atoms with Crippen molar-refractivity contribution in [1.29, 1.82) is 0 Å². The van der Waals surface area contributed by atoms with E-state index in [9.17, 15) is 37.1 Å². The predicted octanol–water partition coefficient (Wildman–Crippen LogP) is 5.68. The van der Waals surface area contributed by atoms with Crippen LogP contribution in [0.4, 0.5) is 13.2 Å². The van der Waals surface area contributed by atoms with Gasteiger partial charge in [0.15, 0.2) is 5.78 Å². The van der Waals surface area contributed by atoms with Crippen LogP contribution in [0.2, 0.25) is 0 Å². The first-order valence-electron chi connectivity index (χ1n) is 21.9. The minimum atomic E-state index is -5.08. The van der Waals surface area contributed by atoms with Gasteiger partial charge in [-0.15, -0.1) is 0 Å². The van der Waals surface area contributed by atoms with Gasteiger partial charge >= 0.3 is 18.1 Å².